The van der Waals surface area contributed by atoms with E-state index >= 15 is 0 Å². The van der Waals surface area contributed by atoms with Crippen LogP contribution < -0.4 is 0 Å². The zero-order valence-corrected chi connectivity index (χ0v) is 18.9. The molecule has 0 radical (unpaired) electrons. The summed E-state index contributed by atoms with van der Waals surface area (Å²) in [5.74, 6) is 0.252. The number of nitrogens with zero attached hydrogens (tertiary/aromatic N) is 2. The highest BCUT2D eigenvalue weighted by Gasteiger charge is 2.28. The monoisotopic (exact) mass is 441 g/mol. The summed E-state index contributed by atoms with van der Waals surface area (Å²) in [6.07, 6.45) is 4.96. The van der Waals surface area contributed by atoms with Crippen LogP contribution in [0.2, 0.25) is 0 Å². The van der Waals surface area contributed by atoms with Gasteiger partial charge in [-0.05, 0) is 73.2 Å². The molecule has 5 rings (SSSR count). The van der Waals surface area contributed by atoms with E-state index in [2.05, 4.69) is 29.2 Å². The molecule has 1 atom stereocenters. The number of carbonyl (C=O) groups excluding carboxylic acids is 1. The number of aromatic amines is 1. The number of likely N-dealkylation sites (tertiary alicyclic amines) is 1. The number of rotatable bonds is 6. The molecule has 1 aliphatic rings. The van der Waals surface area contributed by atoms with E-state index in [9.17, 15) is 9.18 Å². The Labute approximate surface area is 193 Å². The van der Waals surface area contributed by atoms with Crippen LogP contribution in [0.15, 0.2) is 66.9 Å². The molecule has 0 aliphatic carbocycles. The minimum Gasteiger partial charge on any atom is -0.361 e. The van der Waals surface area contributed by atoms with E-state index in [1.807, 2.05) is 42.3 Å². The number of aromatic nitrogens is 2. The number of hydrogen-bond donors (Lipinski definition) is 1. The van der Waals surface area contributed by atoms with Gasteiger partial charge in [0.25, 0.3) is 0 Å². The molecule has 5 heteroatoms. The lowest BCUT2D eigenvalue weighted by Gasteiger charge is -2.17. The van der Waals surface area contributed by atoms with Gasteiger partial charge in [-0.3, -0.25) is 9.78 Å². The van der Waals surface area contributed by atoms with Crippen molar-refractivity contribution in [2.45, 2.75) is 38.5 Å². The highest BCUT2D eigenvalue weighted by atomic mass is 19.1. The van der Waals surface area contributed by atoms with E-state index in [1.54, 1.807) is 0 Å². The lowest BCUT2D eigenvalue weighted by molar-refractivity contribution is -0.130. The lowest BCUT2D eigenvalue weighted by atomic mass is 9.98. The van der Waals surface area contributed by atoms with Crippen molar-refractivity contribution < 1.29 is 9.18 Å². The molecule has 1 fully saturated rings. The van der Waals surface area contributed by atoms with Crippen molar-refractivity contribution in [3.05, 3.63) is 101 Å². The molecule has 1 N–H and O–H groups in total. The van der Waals surface area contributed by atoms with Gasteiger partial charge in [-0.1, -0.05) is 30.3 Å². The van der Waals surface area contributed by atoms with E-state index in [0.717, 1.165) is 54.8 Å². The topological polar surface area (TPSA) is 49.0 Å². The molecular formula is C28H28FN3O. The van der Waals surface area contributed by atoms with Gasteiger partial charge in [0.2, 0.25) is 5.91 Å². The molecule has 168 valence electrons. The third kappa shape index (κ3) is 4.82. The molecule has 1 amide bonds. The summed E-state index contributed by atoms with van der Waals surface area (Å²) in [6.45, 7) is 3.51. The van der Waals surface area contributed by atoms with Crippen LogP contribution in [0, 0.1) is 12.7 Å². The summed E-state index contributed by atoms with van der Waals surface area (Å²) in [4.78, 5) is 23.0. The molecule has 2 aromatic heterocycles. The van der Waals surface area contributed by atoms with Gasteiger partial charge in [0.05, 0.1) is 0 Å². The van der Waals surface area contributed by atoms with E-state index < -0.39 is 0 Å². The zero-order valence-electron chi connectivity index (χ0n) is 18.9. The van der Waals surface area contributed by atoms with Gasteiger partial charge in [-0.25, -0.2) is 4.39 Å². The third-order valence-corrected chi connectivity index (χ3v) is 6.60. The maximum absolute atomic E-state index is 13.2. The Bertz CT molecular complexity index is 1280. The van der Waals surface area contributed by atoms with Crippen molar-refractivity contribution >= 4 is 16.8 Å². The predicted octanol–water partition coefficient (Wildman–Crippen LogP) is 5.55. The Balaban J connectivity index is 1.22. The molecule has 4 aromatic rings. The van der Waals surface area contributed by atoms with Crippen LogP contribution in [0.5, 0.6) is 0 Å². The molecule has 1 aliphatic heterocycles. The molecule has 4 nitrogen and oxygen atoms in total. The molecule has 1 unspecified atom stereocenters. The second kappa shape index (κ2) is 9.18. The largest absolute Gasteiger partial charge is 0.361 e. The van der Waals surface area contributed by atoms with Crippen LogP contribution in [0.1, 0.15) is 46.8 Å². The van der Waals surface area contributed by atoms with Crippen molar-refractivity contribution in [1.82, 2.24) is 14.9 Å². The average Bonchev–Trinajstić information content (AvgIpc) is 3.46. The fourth-order valence-electron chi connectivity index (χ4n) is 4.88. The quantitative estimate of drug-likeness (QED) is 0.426. The highest BCUT2D eigenvalue weighted by molar-refractivity contribution is 5.84. The van der Waals surface area contributed by atoms with Crippen LogP contribution >= 0.6 is 0 Å². The number of fused-ring (bicyclic) bond motifs is 1. The number of hydrogen-bond acceptors (Lipinski definition) is 2. The predicted molar refractivity (Wildman–Crippen MR) is 129 cm³/mol. The number of halogens is 1. The molecule has 3 heterocycles. The summed E-state index contributed by atoms with van der Waals surface area (Å²) in [6, 6.07) is 19.1. The summed E-state index contributed by atoms with van der Waals surface area (Å²) >= 11 is 0. The van der Waals surface area contributed by atoms with Crippen molar-refractivity contribution in [3.63, 3.8) is 0 Å². The second-order valence-corrected chi connectivity index (χ2v) is 9.03. The van der Waals surface area contributed by atoms with Crippen molar-refractivity contribution in [2.75, 3.05) is 13.1 Å². The Kier molecular flexibility index (Phi) is 5.95. The van der Waals surface area contributed by atoms with Gasteiger partial charge in [0, 0.05) is 53.9 Å². The van der Waals surface area contributed by atoms with Crippen LogP contribution in [-0.2, 0) is 17.6 Å². The minimum absolute atomic E-state index is 0.210. The van der Waals surface area contributed by atoms with Crippen LogP contribution in [0.3, 0.4) is 0 Å². The molecule has 0 spiro atoms. The van der Waals surface area contributed by atoms with E-state index in [4.69, 9.17) is 4.98 Å². The maximum Gasteiger partial charge on any atom is 0.222 e. The average molecular weight is 442 g/mol. The summed E-state index contributed by atoms with van der Waals surface area (Å²) in [7, 11) is 0. The van der Waals surface area contributed by atoms with Gasteiger partial charge in [-0.15, -0.1) is 0 Å². The smallest absolute Gasteiger partial charge is 0.222 e. The molecule has 33 heavy (non-hydrogen) atoms. The van der Waals surface area contributed by atoms with Crippen LogP contribution in [0.25, 0.3) is 10.9 Å². The van der Waals surface area contributed by atoms with E-state index in [-0.39, 0.29) is 17.6 Å². The van der Waals surface area contributed by atoms with Gasteiger partial charge >= 0.3 is 0 Å². The third-order valence-electron chi connectivity index (χ3n) is 6.60. The van der Waals surface area contributed by atoms with Gasteiger partial charge in [0.1, 0.15) is 5.82 Å². The standard InChI is InChI=1S/C28H28FN3O/c1-19-14-21(15-20-6-9-24(29)10-7-20)16-27(31-19)23-12-13-32(18-23)28(33)11-8-22-17-30-26-5-3-2-4-25(22)26/h2-7,9-10,14,16-17,23,30H,8,11-13,15,18H2,1H3. The fourth-order valence-corrected chi connectivity index (χ4v) is 4.88. The first kappa shape index (κ1) is 21.4. The number of carbonyl (C=O) groups is 1. The number of nitrogens with one attached hydrogen (secondary N) is 1. The Morgan fingerprint density at radius 2 is 1.94 bits per heavy atom. The Hall–Kier alpha value is -3.47. The second-order valence-electron chi connectivity index (χ2n) is 9.03. The van der Waals surface area contributed by atoms with E-state index in [0.29, 0.717) is 6.42 Å². The summed E-state index contributed by atoms with van der Waals surface area (Å²) < 4.78 is 13.2. The van der Waals surface area contributed by atoms with Gasteiger partial charge in [-0.2, -0.15) is 0 Å². The fraction of sp³-hybridized carbons (Fsp3) is 0.286. The van der Waals surface area contributed by atoms with Crippen molar-refractivity contribution in [1.29, 1.82) is 0 Å². The number of para-hydroxylation sites is 1. The van der Waals surface area contributed by atoms with Crippen LogP contribution in [0.4, 0.5) is 4.39 Å². The molecule has 0 saturated carbocycles. The number of aryl methyl sites for hydroxylation is 2. The van der Waals surface area contributed by atoms with Crippen molar-refractivity contribution in [2.24, 2.45) is 0 Å². The highest BCUT2D eigenvalue weighted by Crippen LogP contribution is 2.28. The first-order valence-corrected chi connectivity index (χ1v) is 11.6. The van der Waals surface area contributed by atoms with Crippen molar-refractivity contribution in [3.8, 4) is 0 Å². The Morgan fingerprint density at radius 3 is 2.79 bits per heavy atom. The first-order chi connectivity index (χ1) is 16.0. The summed E-state index contributed by atoms with van der Waals surface area (Å²) in [5.41, 5.74) is 6.60. The van der Waals surface area contributed by atoms with Crippen LogP contribution in [-0.4, -0.2) is 33.9 Å². The normalized spacial score (nSPS) is 15.9. The number of amides is 1. The minimum atomic E-state index is -0.217. The van der Waals surface area contributed by atoms with E-state index in [1.165, 1.54) is 28.6 Å². The lowest BCUT2D eigenvalue weighted by Crippen LogP contribution is -2.28. The molecular weight excluding hydrogens is 413 g/mol. The Morgan fingerprint density at radius 1 is 1.12 bits per heavy atom. The number of pyridine rings is 1. The van der Waals surface area contributed by atoms with Gasteiger partial charge < -0.3 is 9.88 Å². The number of H-pyrrole nitrogens is 1. The molecule has 0 bridgehead atoms. The summed E-state index contributed by atoms with van der Waals surface area (Å²) in [5, 5.41) is 1.20. The van der Waals surface area contributed by atoms with Gasteiger partial charge in [0.15, 0.2) is 0 Å². The molecule has 2 aromatic carbocycles. The SMILES string of the molecule is Cc1cc(Cc2ccc(F)cc2)cc(C2CCN(C(=O)CCc3c[nH]c4ccccc34)C2)n1. The number of benzene rings is 2. The molecule has 1 saturated heterocycles. The maximum atomic E-state index is 13.2. The first-order valence-electron chi connectivity index (χ1n) is 11.6. The zero-order chi connectivity index (χ0) is 22.8.